The minimum Gasteiger partial charge on any atom is -0.478 e. The molecule has 0 saturated carbocycles. The van der Waals surface area contributed by atoms with Gasteiger partial charge in [0.2, 0.25) is 15.9 Å². The summed E-state index contributed by atoms with van der Waals surface area (Å²) < 4.78 is 25.3. The number of nitrogens with one attached hydrogen (secondary N) is 1. The van der Waals surface area contributed by atoms with E-state index in [0.717, 1.165) is 10.6 Å². The van der Waals surface area contributed by atoms with Crippen LogP contribution < -0.4 is 9.62 Å². The van der Waals surface area contributed by atoms with Crippen molar-refractivity contribution in [1.82, 2.24) is 0 Å². The molecular formula is C17H17ClN2O5S. The standard InChI is InChI=1S/C17H17ClN2O5S/c1-11-13(18)7-5-9-15(11)20(26(2,24)25)10-16(21)19-14-8-4-3-6-12(14)17(22)23/h3-9H,10H2,1-2H3,(H,19,21)(H,22,23). The van der Waals surface area contributed by atoms with Gasteiger partial charge < -0.3 is 10.4 Å². The van der Waals surface area contributed by atoms with Gasteiger partial charge in [-0.1, -0.05) is 29.8 Å². The summed E-state index contributed by atoms with van der Waals surface area (Å²) in [6, 6.07) is 10.6. The van der Waals surface area contributed by atoms with Gasteiger partial charge in [0.1, 0.15) is 6.54 Å². The van der Waals surface area contributed by atoms with Crippen LogP contribution in [-0.2, 0) is 14.8 Å². The largest absolute Gasteiger partial charge is 0.478 e. The molecule has 0 unspecified atom stereocenters. The zero-order chi connectivity index (χ0) is 19.5. The van der Waals surface area contributed by atoms with Gasteiger partial charge in [-0.05, 0) is 36.8 Å². The van der Waals surface area contributed by atoms with Crippen LogP contribution in [0.2, 0.25) is 5.02 Å². The fourth-order valence-corrected chi connectivity index (χ4v) is 3.42. The zero-order valence-corrected chi connectivity index (χ0v) is 15.6. The lowest BCUT2D eigenvalue weighted by molar-refractivity contribution is -0.114. The molecule has 2 rings (SSSR count). The van der Waals surface area contributed by atoms with Gasteiger partial charge in [0.25, 0.3) is 0 Å². The van der Waals surface area contributed by atoms with Crippen LogP contribution in [0.4, 0.5) is 11.4 Å². The van der Waals surface area contributed by atoms with E-state index in [1.165, 1.54) is 18.2 Å². The molecule has 0 fully saturated rings. The van der Waals surface area contributed by atoms with E-state index in [1.807, 2.05) is 0 Å². The van der Waals surface area contributed by atoms with Crippen molar-refractivity contribution >= 4 is 44.9 Å². The third-order valence-corrected chi connectivity index (χ3v) is 5.16. The summed E-state index contributed by atoms with van der Waals surface area (Å²) in [5.41, 5.74) is 0.784. The Morgan fingerprint density at radius 3 is 2.42 bits per heavy atom. The van der Waals surface area contributed by atoms with Crippen LogP contribution in [-0.4, -0.2) is 38.2 Å². The molecule has 2 N–H and O–H groups in total. The lowest BCUT2D eigenvalue weighted by Crippen LogP contribution is -2.38. The first-order chi connectivity index (χ1) is 12.1. The molecule has 0 aliphatic heterocycles. The molecule has 0 atom stereocenters. The van der Waals surface area contributed by atoms with Crippen LogP contribution in [0.25, 0.3) is 0 Å². The van der Waals surface area contributed by atoms with Crippen LogP contribution in [0.15, 0.2) is 42.5 Å². The topological polar surface area (TPSA) is 104 Å². The molecule has 2 aromatic rings. The Labute approximate surface area is 156 Å². The Balaban J connectivity index is 2.32. The molecule has 0 spiro atoms. The molecule has 26 heavy (non-hydrogen) atoms. The summed E-state index contributed by atoms with van der Waals surface area (Å²) in [6.45, 7) is 1.13. The highest BCUT2D eigenvalue weighted by Gasteiger charge is 2.23. The smallest absolute Gasteiger partial charge is 0.337 e. The normalized spacial score (nSPS) is 11.0. The molecule has 0 aliphatic carbocycles. The highest BCUT2D eigenvalue weighted by atomic mass is 35.5. The number of anilines is 2. The fraction of sp³-hybridized carbons (Fsp3) is 0.176. The molecule has 0 aliphatic rings. The minimum absolute atomic E-state index is 0.0845. The second-order valence-electron chi connectivity index (χ2n) is 5.55. The monoisotopic (exact) mass is 396 g/mol. The SMILES string of the molecule is Cc1c(Cl)cccc1N(CC(=O)Nc1ccccc1C(=O)O)S(C)(=O)=O. The second-order valence-corrected chi connectivity index (χ2v) is 7.87. The summed E-state index contributed by atoms with van der Waals surface area (Å²) in [5.74, 6) is -1.88. The van der Waals surface area contributed by atoms with Crippen LogP contribution in [0, 0.1) is 6.92 Å². The molecule has 1 amide bonds. The van der Waals surface area contributed by atoms with Crippen molar-refractivity contribution in [2.45, 2.75) is 6.92 Å². The van der Waals surface area contributed by atoms with Gasteiger partial charge in [-0.2, -0.15) is 0 Å². The van der Waals surface area contributed by atoms with E-state index < -0.39 is 28.4 Å². The van der Waals surface area contributed by atoms with Gasteiger partial charge in [0.05, 0.1) is 23.2 Å². The third-order valence-electron chi connectivity index (χ3n) is 3.63. The van der Waals surface area contributed by atoms with E-state index in [4.69, 9.17) is 16.7 Å². The van der Waals surface area contributed by atoms with Crippen molar-refractivity contribution in [3.63, 3.8) is 0 Å². The molecule has 0 heterocycles. The predicted molar refractivity (Wildman–Crippen MR) is 100 cm³/mol. The predicted octanol–water partition coefficient (Wildman–Crippen LogP) is 2.75. The number of halogens is 1. The van der Waals surface area contributed by atoms with E-state index in [1.54, 1.807) is 31.2 Å². The Bertz CT molecular complexity index is 959. The molecule has 0 radical (unpaired) electrons. The van der Waals surface area contributed by atoms with Crippen molar-refractivity contribution in [1.29, 1.82) is 0 Å². The highest BCUT2D eigenvalue weighted by molar-refractivity contribution is 7.92. The summed E-state index contributed by atoms with van der Waals surface area (Å²) in [7, 11) is -3.77. The Morgan fingerprint density at radius 2 is 1.81 bits per heavy atom. The average molecular weight is 397 g/mol. The van der Waals surface area contributed by atoms with E-state index >= 15 is 0 Å². The molecule has 0 bridgehead atoms. The maximum Gasteiger partial charge on any atom is 0.337 e. The van der Waals surface area contributed by atoms with Gasteiger partial charge in [-0.25, -0.2) is 13.2 Å². The summed E-state index contributed by atoms with van der Waals surface area (Å²) in [5, 5.41) is 12.0. The number of carbonyl (C=O) groups is 2. The van der Waals surface area contributed by atoms with Crippen molar-refractivity contribution < 1.29 is 23.1 Å². The fourth-order valence-electron chi connectivity index (χ4n) is 2.35. The summed E-state index contributed by atoms with van der Waals surface area (Å²) in [6.07, 6.45) is 0.978. The first kappa shape index (κ1) is 19.7. The number of para-hydroxylation sites is 1. The van der Waals surface area contributed by atoms with Gasteiger partial charge in [0.15, 0.2) is 0 Å². The highest BCUT2D eigenvalue weighted by Crippen LogP contribution is 2.28. The molecule has 7 nitrogen and oxygen atoms in total. The quantitative estimate of drug-likeness (QED) is 0.781. The Kier molecular flexibility index (Phi) is 5.89. The van der Waals surface area contributed by atoms with E-state index in [0.29, 0.717) is 10.6 Å². The van der Waals surface area contributed by atoms with Crippen LogP contribution in [0.5, 0.6) is 0 Å². The van der Waals surface area contributed by atoms with Crippen molar-refractivity contribution in [3.8, 4) is 0 Å². The number of rotatable bonds is 6. The van der Waals surface area contributed by atoms with E-state index in [9.17, 15) is 18.0 Å². The number of carbonyl (C=O) groups excluding carboxylic acids is 1. The maximum absolute atomic E-state index is 12.4. The van der Waals surface area contributed by atoms with E-state index in [-0.39, 0.29) is 16.9 Å². The van der Waals surface area contributed by atoms with Crippen LogP contribution in [0.3, 0.4) is 0 Å². The molecule has 2 aromatic carbocycles. The molecule has 9 heteroatoms. The third kappa shape index (κ3) is 4.53. The Morgan fingerprint density at radius 1 is 1.15 bits per heavy atom. The Hall–Kier alpha value is -2.58. The van der Waals surface area contributed by atoms with Gasteiger partial charge in [-0.3, -0.25) is 9.10 Å². The summed E-state index contributed by atoms with van der Waals surface area (Å²) in [4.78, 5) is 23.6. The number of hydrogen-bond acceptors (Lipinski definition) is 4. The van der Waals surface area contributed by atoms with Crippen LogP contribution in [0.1, 0.15) is 15.9 Å². The van der Waals surface area contributed by atoms with E-state index in [2.05, 4.69) is 5.32 Å². The molecular weight excluding hydrogens is 380 g/mol. The number of sulfonamides is 1. The minimum atomic E-state index is -3.77. The zero-order valence-electron chi connectivity index (χ0n) is 14.1. The first-order valence-corrected chi connectivity index (χ1v) is 9.69. The van der Waals surface area contributed by atoms with Crippen molar-refractivity contribution in [2.75, 3.05) is 22.4 Å². The number of benzene rings is 2. The number of amides is 1. The van der Waals surface area contributed by atoms with Crippen molar-refractivity contribution in [3.05, 3.63) is 58.6 Å². The lowest BCUT2D eigenvalue weighted by Gasteiger charge is -2.24. The van der Waals surface area contributed by atoms with Crippen molar-refractivity contribution in [2.24, 2.45) is 0 Å². The van der Waals surface area contributed by atoms with Gasteiger partial charge >= 0.3 is 5.97 Å². The number of nitrogens with zero attached hydrogens (tertiary/aromatic N) is 1. The molecule has 0 saturated heterocycles. The number of hydrogen-bond donors (Lipinski definition) is 2. The first-order valence-electron chi connectivity index (χ1n) is 7.46. The van der Waals surface area contributed by atoms with Gasteiger partial charge in [0, 0.05) is 5.02 Å². The lowest BCUT2D eigenvalue weighted by atomic mass is 10.2. The number of carboxylic acids is 1. The second kappa shape index (κ2) is 7.76. The maximum atomic E-state index is 12.4. The number of carboxylic acid groups (broad SMARTS) is 1. The summed E-state index contributed by atoms with van der Waals surface area (Å²) >= 11 is 6.04. The average Bonchev–Trinajstić information content (AvgIpc) is 2.55. The van der Waals surface area contributed by atoms with Crippen LogP contribution >= 0.6 is 11.6 Å². The molecule has 0 aromatic heterocycles. The van der Waals surface area contributed by atoms with Gasteiger partial charge in [-0.15, -0.1) is 0 Å². The number of aromatic carboxylic acids is 1. The molecule has 138 valence electrons.